The van der Waals surface area contributed by atoms with Gasteiger partial charge in [-0.25, -0.2) is 8.78 Å². The van der Waals surface area contributed by atoms with Crippen LogP contribution in [0, 0.1) is 18.6 Å². The number of nitrogens with one attached hydrogen (secondary N) is 2. The summed E-state index contributed by atoms with van der Waals surface area (Å²) < 4.78 is 30.8. The zero-order valence-corrected chi connectivity index (χ0v) is 16.9. The molecule has 0 saturated carbocycles. The summed E-state index contributed by atoms with van der Waals surface area (Å²) in [4.78, 5) is 0. The van der Waals surface area contributed by atoms with Crippen LogP contribution in [0.4, 0.5) is 14.5 Å². The summed E-state index contributed by atoms with van der Waals surface area (Å²) in [6.07, 6.45) is 0. The van der Waals surface area contributed by atoms with Crippen molar-refractivity contribution in [1.82, 2.24) is 15.1 Å². The minimum atomic E-state index is -0.806. The Morgan fingerprint density at radius 2 is 1.89 bits per heavy atom. The van der Waals surface area contributed by atoms with E-state index in [-0.39, 0.29) is 33.8 Å². The average molecular weight is 434 g/mol. The van der Waals surface area contributed by atoms with E-state index in [1.54, 1.807) is 24.7 Å². The predicted octanol–water partition coefficient (Wildman–Crippen LogP) is 4.80. The van der Waals surface area contributed by atoms with Crippen molar-refractivity contribution >= 4 is 52.2 Å². The maximum absolute atomic E-state index is 14.6. The van der Waals surface area contributed by atoms with Gasteiger partial charge in [-0.2, -0.15) is 5.10 Å². The van der Waals surface area contributed by atoms with Gasteiger partial charge in [0.25, 0.3) is 0 Å². The number of anilines is 1. The molecule has 27 heavy (non-hydrogen) atoms. The van der Waals surface area contributed by atoms with Crippen LogP contribution < -0.4 is 10.6 Å². The lowest BCUT2D eigenvalue weighted by atomic mass is 9.83. The van der Waals surface area contributed by atoms with Gasteiger partial charge in [-0.05, 0) is 31.2 Å². The molecule has 9 heteroatoms. The van der Waals surface area contributed by atoms with Crippen molar-refractivity contribution in [2.45, 2.75) is 12.5 Å². The molecule has 1 aliphatic heterocycles. The second-order valence-corrected chi connectivity index (χ2v) is 7.38. The Bertz CT molecular complexity index is 1030. The summed E-state index contributed by atoms with van der Waals surface area (Å²) in [6, 6.07) is 5.91. The van der Waals surface area contributed by atoms with E-state index in [1.165, 1.54) is 18.2 Å². The predicted molar refractivity (Wildman–Crippen MR) is 107 cm³/mol. The van der Waals surface area contributed by atoms with E-state index in [0.29, 0.717) is 35.4 Å². The number of aromatic nitrogens is 2. The number of benzene rings is 2. The van der Waals surface area contributed by atoms with Crippen molar-refractivity contribution in [3.8, 4) is 0 Å². The van der Waals surface area contributed by atoms with Gasteiger partial charge in [0.15, 0.2) is 0 Å². The standard InChI is InChI=1S/C18H16Cl2F2N4.ClH/c1-9-15-13(22)5-10(6-14(15)26(2)25-9)24-18(7-23-8-18)16-12(21)4-3-11(19)17(16)20;/h3-6,23-24H,7-8H2,1-2H3;1H. The molecular formula is C18H17Cl3F2N4. The first-order valence-electron chi connectivity index (χ1n) is 8.08. The quantitative estimate of drug-likeness (QED) is 0.583. The Morgan fingerprint density at radius 3 is 2.52 bits per heavy atom. The van der Waals surface area contributed by atoms with Crippen LogP contribution in [0.5, 0.6) is 0 Å². The Balaban J connectivity index is 0.00000210. The summed E-state index contributed by atoms with van der Waals surface area (Å²) >= 11 is 12.4. The molecule has 0 unspecified atom stereocenters. The highest BCUT2D eigenvalue weighted by Gasteiger charge is 2.43. The van der Waals surface area contributed by atoms with Crippen molar-refractivity contribution in [2.75, 3.05) is 18.4 Å². The topological polar surface area (TPSA) is 41.9 Å². The highest BCUT2D eigenvalue weighted by atomic mass is 35.5. The van der Waals surface area contributed by atoms with E-state index in [4.69, 9.17) is 23.2 Å². The fourth-order valence-corrected chi connectivity index (χ4v) is 4.04. The molecule has 2 heterocycles. The average Bonchev–Trinajstić information content (AvgIpc) is 2.83. The summed E-state index contributed by atoms with van der Waals surface area (Å²) in [7, 11) is 1.76. The third kappa shape index (κ3) is 3.14. The number of fused-ring (bicyclic) bond motifs is 1. The number of hydrogen-bond acceptors (Lipinski definition) is 3. The van der Waals surface area contributed by atoms with Gasteiger partial charge >= 0.3 is 0 Å². The number of aryl methyl sites for hydroxylation is 2. The number of hydrogen-bond donors (Lipinski definition) is 2. The largest absolute Gasteiger partial charge is 0.373 e. The molecule has 144 valence electrons. The molecule has 1 saturated heterocycles. The summed E-state index contributed by atoms with van der Waals surface area (Å²) in [5.41, 5.74) is 1.28. The zero-order chi connectivity index (χ0) is 18.6. The van der Waals surface area contributed by atoms with Crippen molar-refractivity contribution in [1.29, 1.82) is 0 Å². The van der Waals surface area contributed by atoms with E-state index in [1.807, 2.05) is 0 Å². The maximum Gasteiger partial charge on any atom is 0.136 e. The first-order valence-corrected chi connectivity index (χ1v) is 8.84. The molecule has 0 spiro atoms. The summed E-state index contributed by atoms with van der Waals surface area (Å²) in [5.74, 6) is -0.831. The van der Waals surface area contributed by atoms with Gasteiger partial charge in [0.2, 0.25) is 0 Å². The van der Waals surface area contributed by atoms with Crippen LogP contribution in [-0.4, -0.2) is 22.9 Å². The zero-order valence-electron chi connectivity index (χ0n) is 14.5. The Kier molecular flexibility index (Phi) is 5.29. The normalized spacial score (nSPS) is 15.3. The van der Waals surface area contributed by atoms with Crippen LogP contribution in [0.1, 0.15) is 11.3 Å². The molecule has 3 aromatic rings. The Labute approximate surface area is 171 Å². The van der Waals surface area contributed by atoms with Gasteiger partial charge in [-0.15, -0.1) is 12.4 Å². The molecule has 2 aromatic carbocycles. The Hall–Kier alpha value is -1.60. The van der Waals surface area contributed by atoms with Gasteiger partial charge in [-0.1, -0.05) is 23.2 Å². The third-order valence-corrected chi connectivity index (χ3v) is 5.64. The number of nitrogens with zero attached hydrogens (tertiary/aromatic N) is 2. The summed E-state index contributed by atoms with van der Waals surface area (Å²) in [5, 5.41) is 11.6. The molecule has 4 rings (SSSR count). The second kappa shape index (κ2) is 7.09. The minimum absolute atomic E-state index is 0. The molecule has 2 N–H and O–H groups in total. The monoisotopic (exact) mass is 432 g/mol. The van der Waals surface area contributed by atoms with Gasteiger partial charge in [0.05, 0.1) is 32.2 Å². The van der Waals surface area contributed by atoms with Crippen LogP contribution in [0.2, 0.25) is 10.0 Å². The number of rotatable bonds is 3. The molecule has 1 fully saturated rings. The fraction of sp³-hybridized carbons (Fsp3) is 0.278. The van der Waals surface area contributed by atoms with Crippen molar-refractivity contribution in [2.24, 2.45) is 7.05 Å². The highest BCUT2D eigenvalue weighted by molar-refractivity contribution is 6.42. The molecule has 0 bridgehead atoms. The molecule has 1 aromatic heterocycles. The van der Waals surface area contributed by atoms with E-state index < -0.39 is 11.4 Å². The van der Waals surface area contributed by atoms with Crippen LogP contribution in [-0.2, 0) is 12.6 Å². The first-order chi connectivity index (χ1) is 12.3. The molecule has 0 radical (unpaired) electrons. The lowest BCUT2D eigenvalue weighted by Gasteiger charge is -2.45. The maximum atomic E-state index is 14.6. The van der Waals surface area contributed by atoms with Gasteiger partial charge in [0, 0.05) is 31.4 Å². The highest BCUT2D eigenvalue weighted by Crippen LogP contribution is 2.40. The van der Waals surface area contributed by atoms with Crippen LogP contribution in [0.25, 0.3) is 10.9 Å². The lowest BCUT2D eigenvalue weighted by molar-refractivity contribution is 0.307. The third-order valence-electron chi connectivity index (χ3n) is 4.84. The van der Waals surface area contributed by atoms with E-state index >= 15 is 0 Å². The van der Waals surface area contributed by atoms with Crippen molar-refractivity contribution in [3.05, 3.63) is 57.2 Å². The van der Waals surface area contributed by atoms with E-state index in [0.717, 1.165) is 0 Å². The van der Waals surface area contributed by atoms with Gasteiger partial charge in [0.1, 0.15) is 11.6 Å². The second-order valence-electron chi connectivity index (χ2n) is 6.59. The SMILES string of the molecule is Cc1nn(C)c2cc(NC3(c4c(F)ccc(Cl)c4Cl)CNC3)cc(F)c12.Cl. The number of halogens is 5. The van der Waals surface area contributed by atoms with Crippen LogP contribution in [0.15, 0.2) is 24.3 Å². The van der Waals surface area contributed by atoms with Crippen LogP contribution >= 0.6 is 35.6 Å². The summed E-state index contributed by atoms with van der Waals surface area (Å²) in [6.45, 7) is 2.64. The smallest absolute Gasteiger partial charge is 0.136 e. The molecule has 0 amide bonds. The Morgan fingerprint density at radius 1 is 1.19 bits per heavy atom. The first kappa shape index (κ1) is 20.1. The minimum Gasteiger partial charge on any atom is -0.373 e. The van der Waals surface area contributed by atoms with Gasteiger partial charge in [-0.3, -0.25) is 4.68 Å². The fourth-order valence-electron chi connectivity index (χ4n) is 3.55. The van der Waals surface area contributed by atoms with Crippen molar-refractivity contribution in [3.63, 3.8) is 0 Å². The molecule has 1 aliphatic rings. The van der Waals surface area contributed by atoms with Gasteiger partial charge < -0.3 is 10.6 Å². The van der Waals surface area contributed by atoms with E-state index in [9.17, 15) is 8.78 Å². The lowest BCUT2D eigenvalue weighted by Crippen LogP contribution is -2.62. The molecular weight excluding hydrogens is 417 g/mol. The van der Waals surface area contributed by atoms with E-state index in [2.05, 4.69) is 15.7 Å². The van der Waals surface area contributed by atoms with Crippen molar-refractivity contribution < 1.29 is 8.78 Å². The molecule has 0 atom stereocenters. The molecule has 0 aliphatic carbocycles. The van der Waals surface area contributed by atoms with Crippen LogP contribution in [0.3, 0.4) is 0 Å². The molecule has 4 nitrogen and oxygen atoms in total.